The van der Waals surface area contributed by atoms with Gasteiger partial charge in [-0.05, 0) is 92.7 Å². The van der Waals surface area contributed by atoms with Crippen LogP contribution in [0.25, 0.3) is 10.9 Å². The number of aromatic nitrogens is 2. The summed E-state index contributed by atoms with van der Waals surface area (Å²) in [6.07, 6.45) is 9.80. The van der Waals surface area contributed by atoms with Gasteiger partial charge in [-0.15, -0.1) is 0 Å². The van der Waals surface area contributed by atoms with Crippen LogP contribution in [0.1, 0.15) is 98.1 Å². The standard InChI is InChI=1S/C40H49N5O5/c1-24(2)14-32(42-39(48)44-40-19-27-15-28(20-40)17-29(16-27)21-40)36(46)41-33(18-30-22-45(4)34-13-9-8-12-31(30)34)37-43-35(25(3)50-37)38(47)49-23-26-10-6-5-7-11-26/h5-13,22,24,27-29,32-33H,14-21,23H2,1-4H3,(H,41,46)(H2,42,44,48)/t27?,28?,29?,32-,33+,40?/m0/s1. The Balaban J connectivity index is 1.11. The van der Waals surface area contributed by atoms with E-state index in [0.717, 1.165) is 41.3 Å². The van der Waals surface area contributed by atoms with Gasteiger partial charge in [0, 0.05) is 36.1 Å². The molecular weight excluding hydrogens is 630 g/mol. The van der Waals surface area contributed by atoms with Crippen molar-refractivity contribution in [2.24, 2.45) is 30.7 Å². The number of oxazole rings is 1. The molecule has 4 aliphatic carbocycles. The van der Waals surface area contributed by atoms with Gasteiger partial charge in [-0.1, -0.05) is 62.4 Å². The Bertz CT molecular complexity index is 1820. The van der Waals surface area contributed by atoms with Crippen LogP contribution in [0.4, 0.5) is 4.79 Å². The maximum Gasteiger partial charge on any atom is 0.360 e. The normalized spacial score (nSPS) is 23.5. The summed E-state index contributed by atoms with van der Waals surface area (Å²) >= 11 is 0. The number of hydrogen-bond donors (Lipinski definition) is 3. The van der Waals surface area contributed by atoms with Crippen molar-refractivity contribution in [2.75, 3.05) is 0 Å². The van der Waals surface area contributed by atoms with E-state index in [0.29, 0.717) is 36.4 Å². The van der Waals surface area contributed by atoms with Crippen LogP contribution in [0, 0.1) is 30.6 Å². The molecule has 3 N–H and O–H groups in total. The predicted molar refractivity (Wildman–Crippen MR) is 190 cm³/mol. The van der Waals surface area contributed by atoms with E-state index in [-0.39, 0.29) is 41.6 Å². The SMILES string of the molecule is Cc1oc([C@@H](Cc2cn(C)c3ccccc23)NC(=O)[C@H](CC(C)C)NC(=O)NC23CC4CC(CC(C4)C2)C3)nc1C(=O)OCc1ccccc1. The van der Waals surface area contributed by atoms with E-state index in [1.54, 1.807) is 6.92 Å². The molecule has 50 heavy (non-hydrogen) atoms. The highest BCUT2D eigenvalue weighted by Crippen LogP contribution is 2.55. The van der Waals surface area contributed by atoms with Crippen molar-refractivity contribution in [3.8, 4) is 0 Å². The van der Waals surface area contributed by atoms with Gasteiger partial charge in [-0.2, -0.15) is 0 Å². The molecule has 10 heteroatoms. The fourth-order valence-corrected chi connectivity index (χ4v) is 9.23. The second kappa shape index (κ2) is 14.0. The molecule has 4 saturated carbocycles. The molecule has 0 aliphatic heterocycles. The minimum atomic E-state index is -0.773. The third kappa shape index (κ3) is 7.30. The number of fused-ring (bicyclic) bond motifs is 1. The average Bonchev–Trinajstić information content (AvgIpc) is 3.61. The number of benzene rings is 2. The van der Waals surface area contributed by atoms with Crippen LogP contribution in [0.5, 0.6) is 0 Å². The molecule has 264 valence electrons. The molecule has 0 unspecified atom stereocenters. The Morgan fingerprint density at radius 1 is 0.960 bits per heavy atom. The molecule has 2 atom stereocenters. The zero-order chi connectivity index (χ0) is 35.0. The number of nitrogens with one attached hydrogen (secondary N) is 3. The van der Waals surface area contributed by atoms with Gasteiger partial charge >= 0.3 is 12.0 Å². The Hall–Kier alpha value is -4.60. The minimum absolute atomic E-state index is 0.0694. The van der Waals surface area contributed by atoms with Crippen molar-refractivity contribution in [3.05, 3.63) is 89.3 Å². The molecule has 2 heterocycles. The molecule has 2 aromatic heterocycles. The van der Waals surface area contributed by atoms with Crippen molar-refractivity contribution >= 4 is 28.8 Å². The summed E-state index contributed by atoms with van der Waals surface area (Å²) in [5.41, 5.74) is 2.81. The van der Waals surface area contributed by atoms with Crippen molar-refractivity contribution in [3.63, 3.8) is 0 Å². The molecule has 0 spiro atoms. The number of esters is 1. The van der Waals surface area contributed by atoms with E-state index in [1.165, 1.54) is 19.3 Å². The number of urea groups is 1. The third-order valence-electron chi connectivity index (χ3n) is 11.0. The fraction of sp³-hybridized carbons (Fsp3) is 0.500. The van der Waals surface area contributed by atoms with Gasteiger partial charge in [-0.3, -0.25) is 4.79 Å². The monoisotopic (exact) mass is 679 g/mol. The lowest BCUT2D eigenvalue weighted by atomic mass is 9.53. The number of aryl methyl sites for hydroxylation is 2. The number of ether oxygens (including phenoxy) is 1. The molecule has 0 saturated heterocycles. The fourth-order valence-electron chi connectivity index (χ4n) is 9.23. The minimum Gasteiger partial charge on any atom is -0.456 e. The van der Waals surface area contributed by atoms with Crippen molar-refractivity contribution in [1.29, 1.82) is 0 Å². The van der Waals surface area contributed by atoms with Crippen molar-refractivity contribution in [1.82, 2.24) is 25.5 Å². The van der Waals surface area contributed by atoms with Gasteiger partial charge in [0.2, 0.25) is 11.8 Å². The van der Waals surface area contributed by atoms with Crippen LogP contribution in [0.2, 0.25) is 0 Å². The molecule has 3 amide bonds. The number of para-hydroxylation sites is 1. The maximum absolute atomic E-state index is 14.2. The summed E-state index contributed by atoms with van der Waals surface area (Å²) in [7, 11) is 1.99. The molecule has 4 aromatic rings. The van der Waals surface area contributed by atoms with Gasteiger partial charge in [0.25, 0.3) is 0 Å². The summed E-state index contributed by atoms with van der Waals surface area (Å²) < 4.78 is 13.7. The highest BCUT2D eigenvalue weighted by atomic mass is 16.5. The lowest BCUT2D eigenvalue weighted by Gasteiger charge is -2.56. The van der Waals surface area contributed by atoms with Crippen LogP contribution in [-0.4, -0.2) is 39.0 Å². The van der Waals surface area contributed by atoms with Crippen LogP contribution >= 0.6 is 0 Å². The van der Waals surface area contributed by atoms with Crippen LogP contribution < -0.4 is 16.0 Å². The third-order valence-corrected chi connectivity index (χ3v) is 11.0. The van der Waals surface area contributed by atoms with Gasteiger partial charge in [0.1, 0.15) is 24.5 Å². The Morgan fingerprint density at radius 3 is 2.30 bits per heavy atom. The number of carbonyl (C=O) groups is 3. The summed E-state index contributed by atoms with van der Waals surface area (Å²) in [5.74, 6) is 1.81. The van der Waals surface area contributed by atoms with Crippen molar-refractivity contribution < 1.29 is 23.5 Å². The smallest absolute Gasteiger partial charge is 0.360 e. The number of amides is 3. The summed E-state index contributed by atoms with van der Waals surface area (Å²) in [4.78, 5) is 45.6. The second-order valence-electron chi connectivity index (χ2n) is 15.5. The number of nitrogens with zero attached hydrogens (tertiary/aromatic N) is 2. The lowest BCUT2D eigenvalue weighted by Crippen LogP contribution is -2.63. The van der Waals surface area contributed by atoms with E-state index >= 15 is 0 Å². The average molecular weight is 680 g/mol. The van der Waals surface area contributed by atoms with E-state index in [4.69, 9.17) is 9.15 Å². The topological polar surface area (TPSA) is 127 Å². The summed E-state index contributed by atoms with van der Waals surface area (Å²) in [5, 5.41) is 10.6. The number of hydrogen-bond acceptors (Lipinski definition) is 6. The highest BCUT2D eigenvalue weighted by Gasteiger charge is 2.51. The number of carbonyl (C=O) groups excluding carboxylic acids is 3. The first-order valence-electron chi connectivity index (χ1n) is 18.1. The molecule has 10 nitrogen and oxygen atoms in total. The first-order chi connectivity index (χ1) is 24.0. The van der Waals surface area contributed by atoms with Crippen LogP contribution in [0.3, 0.4) is 0 Å². The first kappa shape index (κ1) is 33.9. The van der Waals surface area contributed by atoms with Gasteiger partial charge < -0.3 is 29.7 Å². The summed E-state index contributed by atoms with van der Waals surface area (Å²) in [6.45, 7) is 5.85. The quantitative estimate of drug-likeness (QED) is 0.140. The second-order valence-corrected chi connectivity index (χ2v) is 15.5. The molecule has 2 aromatic carbocycles. The predicted octanol–water partition coefficient (Wildman–Crippen LogP) is 6.91. The van der Waals surface area contributed by atoms with Crippen molar-refractivity contribution in [2.45, 2.75) is 96.4 Å². The first-order valence-corrected chi connectivity index (χ1v) is 18.1. The van der Waals surface area contributed by atoms with Gasteiger partial charge in [0.15, 0.2) is 5.69 Å². The lowest BCUT2D eigenvalue weighted by molar-refractivity contribution is -0.124. The molecule has 4 fully saturated rings. The largest absolute Gasteiger partial charge is 0.456 e. The molecule has 4 bridgehead atoms. The van der Waals surface area contributed by atoms with Gasteiger partial charge in [0.05, 0.1) is 0 Å². The Labute approximate surface area is 293 Å². The van der Waals surface area contributed by atoms with Crippen LogP contribution in [-0.2, 0) is 29.6 Å². The van der Waals surface area contributed by atoms with E-state index < -0.39 is 18.1 Å². The van der Waals surface area contributed by atoms with E-state index in [2.05, 4.69) is 31.6 Å². The molecular formula is C40H49N5O5. The van der Waals surface area contributed by atoms with E-state index in [1.807, 2.05) is 75.6 Å². The van der Waals surface area contributed by atoms with Gasteiger partial charge in [-0.25, -0.2) is 14.6 Å². The zero-order valence-electron chi connectivity index (χ0n) is 29.5. The van der Waals surface area contributed by atoms with Crippen LogP contribution in [0.15, 0.2) is 65.2 Å². The Kier molecular flexibility index (Phi) is 9.46. The zero-order valence-corrected chi connectivity index (χ0v) is 29.5. The van der Waals surface area contributed by atoms with E-state index in [9.17, 15) is 14.4 Å². The Morgan fingerprint density at radius 2 is 1.62 bits per heavy atom. The molecule has 4 aliphatic rings. The molecule has 8 rings (SSSR count). The highest BCUT2D eigenvalue weighted by molar-refractivity contribution is 5.89. The molecule has 0 radical (unpaired) electrons. The summed E-state index contributed by atoms with van der Waals surface area (Å²) in [6, 6.07) is 15.7. The number of rotatable bonds is 12. The maximum atomic E-state index is 14.2.